The predicted molar refractivity (Wildman–Crippen MR) is 103 cm³/mol. The van der Waals surface area contributed by atoms with Crippen LogP contribution in [0, 0.1) is 33.1 Å². The third-order valence-electron chi connectivity index (χ3n) is 4.34. The molecule has 0 spiro atoms. The minimum absolute atomic E-state index is 0.168. The number of rotatable bonds is 5. The van der Waals surface area contributed by atoms with E-state index in [0.717, 1.165) is 30.3 Å². The molecule has 1 N–H and O–H groups in total. The molecule has 0 aliphatic carbocycles. The minimum Gasteiger partial charge on any atom is -0.344 e. The lowest BCUT2D eigenvalue weighted by Crippen LogP contribution is -2.31. The van der Waals surface area contributed by atoms with Crippen molar-refractivity contribution in [2.75, 3.05) is 0 Å². The Kier molecular flexibility index (Phi) is 5.83. The van der Waals surface area contributed by atoms with Gasteiger partial charge in [0.15, 0.2) is 0 Å². The van der Waals surface area contributed by atoms with Gasteiger partial charge >= 0.3 is 0 Å². The van der Waals surface area contributed by atoms with Crippen LogP contribution in [0.25, 0.3) is 5.69 Å². The van der Waals surface area contributed by atoms with Crippen LogP contribution in [-0.2, 0) is 0 Å². The number of benzene rings is 2. The summed E-state index contributed by atoms with van der Waals surface area (Å²) in [6.45, 7) is 1.36. The number of hydrogen-bond donors (Lipinski definition) is 1. The maximum absolute atomic E-state index is 14.5. The van der Waals surface area contributed by atoms with Gasteiger partial charge in [-0.3, -0.25) is 19.7 Å². The highest BCUT2D eigenvalue weighted by Gasteiger charge is 2.23. The van der Waals surface area contributed by atoms with Crippen molar-refractivity contribution in [2.24, 2.45) is 0 Å². The summed E-state index contributed by atoms with van der Waals surface area (Å²) in [7, 11) is 0. The predicted octanol–water partition coefficient (Wildman–Crippen LogP) is 2.78. The van der Waals surface area contributed by atoms with E-state index in [1.165, 1.54) is 31.2 Å². The maximum atomic E-state index is 14.5. The number of nitrogens with one attached hydrogen (secondary N) is 1. The number of amides is 1. The van der Waals surface area contributed by atoms with Gasteiger partial charge in [0.2, 0.25) is 0 Å². The Hall–Kier alpha value is -4.46. The van der Waals surface area contributed by atoms with E-state index in [4.69, 9.17) is 5.26 Å². The summed E-state index contributed by atoms with van der Waals surface area (Å²) in [5, 5.41) is 26.3. The van der Waals surface area contributed by atoms with E-state index in [1.54, 1.807) is 0 Å². The number of non-ortho nitro benzene ring substituents is 1. The molecule has 0 saturated carbocycles. The molecule has 0 aliphatic heterocycles. The largest absolute Gasteiger partial charge is 0.344 e. The van der Waals surface area contributed by atoms with Gasteiger partial charge < -0.3 is 5.32 Å². The van der Waals surface area contributed by atoms with Crippen molar-refractivity contribution >= 4 is 11.6 Å². The van der Waals surface area contributed by atoms with Crippen molar-refractivity contribution in [3.63, 3.8) is 0 Å². The number of carbonyl (C=O) groups excluding carboxylic acids is 1. The van der Waals surface area contributed by atoms with Crippen molar-refractivity contribution in [3.05, 3.63) is 97.5 Å². The fraction of sp³-hybridized carbons (Fsp3) is 0.100. The number of nitrogens with zero attached hydrogens (tertiary/aromatic N) is 4. The Labute approximate surface area is 173 Å². The summed E-state index contributed by atoms with van der Waals surface area (Å²) in [6.07, 6.45) is 0. The van der Waals surface area contributed by atoms with Gasteiger partial charge in [-0.1, -0.05) is 12.1 Å². The molecule has 1 amide bonds. The van der Waals surface area contributed by atoms with Gasteiger partial charge in [0.05, 0.1) is 16.5 Å². The van der Waals surface area contributed by atoms with Gasteiger partial charge in [0.25, 0.3) is 17.2 Å². The number of carbonyl (C=O) groups is 1. The van der Waals surface area contributed by atoms with Gasteiger partial charge in [0, 0.05) is 23.8 Å². The maximum Gasteiger partial charge on any atom is 0.272 e. The van der Waals surface area contributed by atoms with Crippen LogP contribution in [-0.4, -0.2) is 20.6 Å². The van der Waals surface area contributed by atoms with Crippen LogP contribution < -0.4 is 10.9 Å². The molecule has 156 valence electrons. The van der Waals surface area contributed by atoms with Crippen LogP contribution in [0.4, 0.5) is 14.5 Å². The molecule has 0 saturated heterocycles. The van der Waals surface area contributed by atoms with E-state index in [9.17, 15) is 28.5 Å². The molecular weight excluding hydrogens is 412 g/mol. The first kappa shape index (κ1) is 21.3. The Morgan fingerprint density at radius 2 is 1.97 bits per heavy atom. The molecule has 9 nitrogen and oxygen atoms in total. The molecule has 0 radical (unpaired) electrons. The SMILES string of the molecule is C[C@@H](NC(=O)c1ccc(=O)n(-c2ccccc2F)n1)c1cc([N+](=O)[O-])cc(C#N)c1F. The quantitative estimate of drug-likeness (QED) is 0.494. The second-order valence-electron chi connectivity index (χ2n) is 6.38. The average Bonchev–Trinajstić information content (AvgIpc) is 2.74. The molecule has 1 atom stereocenters. The van der Waals surface area contributed by atoms with Crippen LogP contribution in [0.1, 0.15) is 34.6 Å². The van der Waals surface area contributed by atoms with Crippen LogP contribution >= 0.6 is 0 Å². The summed E-state index contributed by atoms with van der Waals surface area (Å²) in [5.74, 6) is -2.59. The number of halogens is 2. The summed E-state index contributed by atoms with van der Waals surface area (Å²) < 4.78 is 29.2. The molecule has 3 rings (SSSR count). The highest BCUT2D eigenvalue weighted by molar-refractivity contribution is 5.92. The zero-order valence-electron chi connectivity index (χ0n) is 15.9. The number of nitro benzene ring substituents is 1. The third kappa shape index (κ3) is 4.27. The minimum atomic E-state index is -1.09. The molecule has 1 heterocycles. The van der Waals surface area contributed by atoms with E-state index in [-0.39, 0.29) is 16.9 Å². The molecule has 0 bridgehead atoms. The third-order valence-corrected chi connectivity index (χ3v) is 4.34. The Bertz CT molecular complexity index is 1300. The number of aromatic nitrogens is 2. The molecule has 3 aromatic rings. The van der Waals surface area contributed by atoms with Gasteiger partial charge in [-0.15, -0.1) is 0 Å². The van der Waals surface area contributed by atoms with Crippen LogP contribution in [0.2, 0.25) is 0 Å². The monoisotopic (exact) mass is 425 g/mol. The summed E-state index contributed by atoms with van der Waals surface area (Å²) in [5.41, 5.74) is -2.46. The average molecular weight is 425 g/mol. The molecule has 31 heavy (non-hydrogen) atoms. The molecule has 1 aromatic heterocycles. The first-order chi connectivity index (χ1) is 14.7. The second kappa shape index (κ2) is 8.50. The van der Waals surface area contributed by atoms with Gasteiger partial charge in [0.1, 0.15) is 29.1 Å². The lowest BCUT2D eigenvalue weighted by atomic mass is 10.0. The van der Waals surface area contributed by atoms with Gasteiger partial charge in [-0.05, 0) is 25.1 Å². The Morgan fingerprint density at radius 3 is 2.61 bits per heavy atom. The van der Waals surface area contributed by atoms with Crippen LogP contribution in [0.3, 0.4) is 0 Å². The Morgan fingerprint density at radius 1 is 1.26 bits per heavy atom. The van der Waals surface area contributed by atoms with Crippen molar-refractivity contribution in [1.29, 1.82) is 5.26 Å². The first-order valence-corrected chi connectivity index (χ1v) is 8.77. The normalized spacial score (nSPS) is 11.4. The Balaban J connectivity index is 1.94. The highest BCUT2D eigenvalue weighted by Crippen LogP contribution is 2.26. The number of nitro groups is 1. The lowest BCUT2D eigenvalue weighted by molar-refractivity contribution is -0.385. The summed E-state index contributed by atoms with van der Waals surface area (Å²) in [6, 6.07) is 9.59. The van der Waals surface area contributed by atoms with Crippen molar-refractivity contribution in [2.45, 2.75) is 13.0 Å². The fourth-order valence-electron chi connectivity index (χ4n) is 2.81. The van der Waals surface area contributed by atoms with Crippen molar-refractivity contribution in [3.8, 4) is 11.8 Å². The fourth-order valence-corrected chi connectivity index (χ4v) is 2.81. The topological polar surface area (TPSA) is 131 Å². The van der Waals surface area contributed by atoms with Crippen LogP contribution in [0.15, 0.2) is 53.3 Å². The van der Waals surface area contributed by atoms with E-state index in [0.29, 0.717) is 4.68 Å². The van der Waals surface area contributed by atoms with Crippen LogP contribution in [0.5, 0.6) is 0 Å². The zero-order valence-corrected chi connectivity index (χ0v) is 15.9. The van der Waals surface area contributed by atoms with Gasteiger partial charge in [-0.25, -0.2) is 8.78 Å². The van der Waals surface area contributed by atoms with E-state index in [2.05, 4.69) is 10.4 Å². The molecule has 11 heteroatoms. The number of para-hydroxylation sites is 1. The number of nitriles is 1. The zero-order chi connectivity index (χ0) is 22.7. The summed E-state index contributed by atoms with van der Waals surface area (Å²) in [4.78, 5) is 34.9. The first-order valence-electron chi connectivity index (χ1n) is 8.77. The molecule has 0 aliphatic rings. The molecule has 0 fully saturated rings. The summed E-state index contributed by atoms with van der Waals surface area (Å²) >= 11 is 0. The van der Waals surface area contributed by atoms with Gasteiger partial charge in [-0.2, -0.15) is 15.0 Å². The van der Waals surface area contributed by atoms with E-state index >= 15 is 0 Å². The standard InChI is InChI=1S/C20H13F2N5O4/c1-11(14-9-13(27(30)31)8-12(10-23)19(14)22)24-20(29)16-6-7-18(28)26(25-16)17-5-3-2-4-15(17)21/h2-9,11H,1H3,(H,24,29)/t11-/m1/s1. The molecule has 0 unspecified atom stereocenters. The smallest absolute Gasteiger partial charge is 0.272 e. The van der Waals surface area contributed by atoms with E-state index < -0.39 is 45.3 Å². The molecular formula is C20H13F2N5O4. The number of hydrogen-bond acceptors (Lipinski definition) is 6. The van der Waals surface area contributed by atoms with Crippen molar-refractivity contribution < 1.29 is 18.5 Å². The van der Waals surface area contributed by atoms with E-state index in [1.807, 2.05) is 0 Å². The second-order valence-corrected chi connectivity index (χ2v) is 6.38. The highest BCUT2D eigenvalue weighted by atomic mass is 19.1. The lowest BCUT2D eigenvalue weighted by Gasteiger charge is -2.16. The van der Waals surface area contributed by atoms with Crippen molar-refractivity contribution in [1.82, 2.24) is 15.1 Å². The molecule has 2 aromatic carbocycles.